The van der Waals surface area contributed by atoms with Crippen molar-refractivity contribution in [2.24, 2.45) is 0 Å². The van der Waals surface area contributed by atoms with Gasteiger partial charge in [0.1, 0.15) is 0 Å². The summed E-state index contributed by atoms with van der Waals surface area (Å²) in [5, 5.41) is 0.838. The number of carbonyl (C=O) groups is 2. The summed E-state index contributed by atoms with van der Waals surface area (Å²) < 4.78 is 4.90. The van der Waals surface area contributed by atoms with Crippen LogP contribution in [-0.4, -0.2) is 18.7 Å². The fraction of sp³-hybridized carbons (Fsp3) is 0.375. The minimum Gasteiger partial charge on any atom is -0.447 e. The summed E-state index contributed by atoms with van der Waals surface area (Å²) in [4.78, 5) is 28.6. The van der Waals surface area contributed by atoms with Gasteiger partial charge >= 0.3 is 12.1 Å². The summed E-state index contributed by atoms with van der Waals surface area (Å²) in [6.45, 7) is 11.0. The lowest BCUT2D eigenvalue weighted by molar-refractivity contribution is -0.139. The number of amides is 1. The quantitative estimate of drug-likeness (QED) is 0.625. The van der Waals surface area contributed by atoms with E-state index in [1.165, 1.54) is 6.92 Å². The summed E-state index contributed by atoms with van der Waals surface area (Å²) in [6.07, 6.45) is -0.746. The highest BCUT2D eigenvalue weighted by atomic mass is 16.8. The van der Waals surface area contributed by atoms with Gasteiger partial charge in [0, 0.05) is 5.57 Å². The Morgan fingerprint density at radius 1 is 1.24 bits per heavy atom. The maximum absolute atomic E-state index is 11.9. The van der Waals surface area contributed by atoms with E-state index in [4.69, 9.17) is 9.57 Å². The highest BCUT2D eigenvalue weighted by Gasteiger charge is 2.22. The third-order valence-corrected chi connectivity index (χ3v) is 2.75. The van der Waals surface area contributed by atoms with Gasteiger partial charge in [0.05, 0.1) is 12.3 Å². The Morgan fingerprint density at radius 3 is 2.24 bits per heavy atom. The number of hydrogen-bond donors (Lipinski definition) is 0. The van der Waals surface area contributed by atoms with Crippen LogP contribution in [0.4, 0.5) is 10.5 Å². The van der Waals surface area contributed by atoms with Crippen LogP contribution in [-0.2, 0) is 14.4 Å². The molecule has 0 heterocycles. The van der Waals surface area contributed by atoms with Gasteiger partial charge in [-0.15, -0.1) is 5.06 Å². The number of hydrogen-bond acceptors (Lipinski definition) is 4. The molecule has 0 aliphatic rings. The first-order valence-electron chi connectivity index (χ1n) is 6.81. The monoisotopic (exact) mass is 291 g/mol. The molecule has 1 rings (SSSR count). The first-order chi connectivity index (χ1) is 9.86. The van der Waals surface area contributed by atoms with Crippen molar-refractivity contribution in [2.75, 3.05) is 11.7 Å². The average Bonchev–Trinajstić information content (AvgIpc) is 2.44. The molecule has 1 amide bonds. The Bertz CT molecular complexity index is 520. The Labute approximate surface area is 125 Å². The molecule has 1 aromatic carbocycles. The van der Waals surface area contributed by atoms with Crippen molar-refractivity contribution < 1.29 is 19.2 Å². The zero-order chi connectivity index (χ0) is 16.0. The molecule has 0 radical (unpaired) electrons. The predicted octanol–water partition coefficient (Wildman–Crippen LogP) is 3.81. The molecule has 0 atom stereocenters. The van der Waals surface area contributed by atoms with Crippen LogP contribution in [0.1, 0.15) is 39.2 Å². The number of carbonyl (C=O) groups excluding carboxylic acids is 2. The van der Waals surface area contributed by atoms with Crippen LogP contribution in [0, 0.1) is 0 Å². The molecule has 0 spiro atoms. The highest BCUT2D eigenvalue weighted by molar-refractivity contribution is 5.93. The molecule has 1 aromatic rings. The van der Waals surface area contributed by atoms with E-state index in [-0.39, 0.29) is 12.2 Å². The second-order valence-corrected chi connectivity index (χ2v) is 4.90. The average molecular weight is 291 g/mol. The van der Waals surface area contributed by atoms with Crippen molar-refractivity contribution in [3.05, 3.63) is 42.0 Å². The second kappa shape index (κ2) is 7.47. The van der Waals surface area contributed by atoms with E-state index >= 15 is 0 Å². The molecule has 5 nitrogen and oxygen atoms in total. The third kappa shape index (κ3) is 4.63. The van der Waals surface area contributed by atoms with E-state index in [9.17, 15) is 9.59 Å². The van der Waals surface area contributed by atoms with Crippen molar-refractivity contribution in [1.29, 1.82) is 0 Å². The minimum atomic E-state index is -0.746. The van der Waals surface area contributed by atoms with E-state index in [1.807, 2.05) is 12.1 Å². The van der Waals surface area contributed by atoms with Crippen molar-refractivity contribution >= 4 is 17.7 Å². The number of rotatable bonds is 4. The molecule has 0 aromatic heterocycles. The molecule has 114 valence electrons. The number of benzene rings is 1. The van der Waals surface area contributed by atoms with Crippen LogP contribution >= 0.6 is 0 Å². The molecule has 0 N–H and O–H groups in total. The lowest BCUT2D eigenvalue weighted by Gasteiger charge is -2.20. The lowest BCUT2D eigenvalue weighted by Crippen LogP contribution is -2.34. The van der Waals surface area contributed by atoms with Crippen LogP contribution in [0.3, 0.4) is 0 Å². The fourth-order valence-electron chi connectivity index (χ4n) is 1.53. The van der Waals surface area contributed by atoms with E-state index in [2.05, 4.69) is 20.4 Å². The second-order valence-electron chi connectivity index (χ2n) is 4.90. The van der Waals surface area contributed by atoms with Gasteiger partial charge in [0.2, 0.25) is 0 Å². The van der Waals surface area contributed by atoms with Crippen LogP contribution in [0.25, 0.3) is 0 Å². The summed E-state index contributed by atoms with van der Waals surface area (Å²) in [7, 11) is 0. The Hall–Kier alpha value is -2.30. The van der Waals surface area contributed by atoms with Crippen molar-refractivity contribution in [3.8, 4) is 0 Å². The third-order valence-electron chi connectivity index (χ3n) is 2.75. The normalized spacial score (nSPS) is 10.1. The van der Waals surface area contributed by atoms with Gasteiger partial charge in [-0.2, -0.15) is 0 Å². The van der Waals surface area contributed by atoms with Crippen LogP contribution in [0.15, 0.2) is 36.4 Å². The zero-order valence-corrected chi connectivity index (χ0v) is 12.9. The smallest absolute Gasteiger partial charge is 0.447 e. The number of hydroxylamine groups is 1. The standard InChI is InChI=1S/C16H21NO4/c1-6-20-16(19)17(21-15(18)12(4)5)14-9-7-13(8-10-14)11(2)3/h7-11H,4,6H2,1-3,5H3. The Balaban J connectivity index is 3.02. The summed E-state index contributed by atoms with van der Waals surface area (Å²) in [6, 6.07) is 7.16. The summed E-state index contributed by atoms with van der Waals surface area (Å²) in [5.41, 5.74) is 1.74. The van der Waals surface area contributed by atoms with Crippen LogP contribution < -0.4 is 5.06 Å². The SMILES string of the molecule is C=C(C)C(=O)ON(C(=O)OCC)c1ccc(C(C)C)cc1. The summed E-state index contributed by atoms with van der Waals surface area (Å²) in [5.74, 6) is -0.316. The van der Waals surface area contributed by atoms with Gasteiger partial charge in [0.15, 0.2) is 0 Å². The van der Waals surface area contributed by atoms with Crippen LogP contribution in [0.5, 0.6) is 0 Å². The van der Waals surface area contributed by atoms with Crippen molar-refractivity contribution in [2.45, 2.75) is 33.6 Å². The van der Waals surface area contributed by atoms with Crippen LogP contribution in [0.2, 0.25) is 0 Å². The molecular formula is C16H21NO4. The molecule has 21 heavy (non-hydrogen) atoms. The molecule has 0 unspecified atom stereocenters. The molecule has 0 saturated carbocycles. The molecule has 0 bridgehead atoms. The fourth-order valence-corrected chi connectivity index (χ4v) is 1.53. The van der Waals surface area contributed by atoms with Gasteiger partial charge in [0.25, 0.3) is 0 Å². The van der Waals surface area contributed by atoms with E-state index < -0.39 is 12.1 Å². The number of nitrogens with zero attached hydrogens (tertiary/aromatic N) is 1. The van der Waals surface area contributed by atoms with E-state index in [1.54, 1.807) is 19.1 Å². The molecule has 0 saturated heterocycles. The minimum absolute atomic E-state index is 0.185. The Kier molecular flexibility index (Phi) is 5.96. The lowest BCUT2D eigenvalue weighted by atomic mass is 10.0. The van der Waals surface area contributed by atoms with Crippen molar-refractivity contribution in [3.63, 3.8) is 0 Å². The highest BCUT2D eigenvalue weighted by Crippen LogP contribution is 2.21. The topological polar surface area (TPSA) is 55.8 Å². The van der Waals surface area contributed by atoms with Gasteiger partial charge in [-0.1, -0.05) is 32.6 Å². The predicted molar refractivity (Wildman–Crippen MR) is 80.9 cm³/mol. The largest absolute Gasteiger partial charge is 0.448 e. The number of anilines is 1. The molecular weight excluding hydrogens is 270 g/mol. The van der Waals surface area contributed by atoms with Gasteiger partial charge in [-0.3, -0.25) is 0 Å². The molecule has 5 heteroatoms. The maximum Gasteiger partial charge on any atom is 0.448 e. The number of ether oxygens (including phenoxy) is 1. The van der Waals surface area contributed by atoms with Gasteiger partial charge in [-0.25, -0.2) is 9.59 Å². The van der Waals surface area contributed by atoms with Crippen molar-refractivity contribution in [1.82, 2.24) is 0 Å². The summed E-state index contributed by atoms with van der Waals surface area (Å²) >= 11 is 0. The van der Waals surface area contributed by atoms with E-state index in [0.29, 0.717) is 11.6 Å². The zero-order valence-electron chi connectivity index (χ0n) is 12.9. The van der Waals surface area contributed by atoms with Gasteiger partial charge < -0.3 is 9.57 Å². The van der Waals surface area contributed by atoms with Gasteiger partial charge in [-0.05, 0) is 37.5 Å². The van der Waals surface area contributed by atoms with E-state index in [0.717, 1.165) is 10.6 Å². The Morgan fingerprint density at radius 2 is 1.81 bits per heavy atom. The first-order valence-corrected chi connectivity index (χ1v) is 6.81. The molecule has 0 fully saturated rings. The first kappa shape index (κ1) is 16.8. The molecule has 0 aliphatic heterocycles. The maximum atomic E-state index is 11.9. The molecule has 0 aliphatic carbocycles.